The Hall–Kier alpha value is -2.08. The third-order valence-electron chi connectivity index (χ3n) is 4.70. The summed E-state index contributed by atoms with van der Waals surface area (Å²) in [5.74, 6) is 1.13. The van der Waals surface area contributed by atoms with Crippen LogP contribution < -0.4 is 5.32 Å². The van der Waals surface area contributed by atoms with E-state index in [0.29, 0.717) is 38.5 Å². The summed E-state index contributed by atoms with van der Waals surface area (Å²) in [5, 5.41) is 3.37. The van der Waals surface area contributed by atoms with E-state index in [-0.39, 0.29) is 29.9 Å². The van der Waals surface area contributed by atoms with E-state index in [4.69, 9.17) is 4.42 Å². The number of amides is 1. The van der Waals surface area contributed by atoms with Gasteiger partial charge in [-0.05, 0) is 40.2 Å². The van der Waals surface area contributed by atoms with Crippen LogP contribution in [-0.4, -0.2) is 64.3 Å². The van der Waals surface area contributed by atoms with Crippen molar-refractivity contribution in [2.45, 2.75) is 6.54 Å². The van der Waals surface area contributed by atoms with Crippen LogP contribution in [0.5, 0.6) is 0 Å². The fourth-order valence-electron chi connectivity index (χ4n) is 3.28. The first-order valence-corrected chi connectivity index (χ1v) is 9.85. The van der Waals surface area contributed by atoms with Crippen molar-refractivity contribution in [1.29, 1.82) is 0 Å². The molecule has 3 aromatic rings. The maximum absolute atomic E-state index is 12.4. The third-order valence-corrected chi connectivity index (χ3v) is 5.17. The number of guanidine groups is 1. The molecule has 4 rings (SSSR count). The average molecular weight is 573 g/mol. The van der Waals surface area contributed by atoms with Gasteiger partial charge in [0.2, 0.25) is 0 Å². The van der Waals surface area contributed by atoms with Crippen molar-refractivity contribution < 1.29 is 9.21 Å². The Labute approximate surface area is 194 Å². The van der Waals surface area contributed by atoms with Crippen molar-refractivity contribution in [2.24, 2.45) is 4.99 Å². The number of nitrogens with one attached hydrogen (secondary N) is 1. The van der Waals surface area contributed by atoms with Gasteiger partial charge < -0.3 is 23.9 Å². The van der Waals surface area contributed by atoms with E-state index in [9.17, 15) is 4.79 Å². The first-order valence-electron chi connectivity index (χ1n) is 9.05. The number of hydrogen-bond donors (Lipinski definition) is 1. The number of nitrogens with zero attached hydrogens (tertiary/aromatic N) is 5. The Balaban J connectivity index is 0.00000240. The monoisotopic (exact) mass is 572 g/mol. The fraction of sp³-hybridized carbons (Fsp3) is 0.316. The van der Waals surface area contributed by atoms with Gasteiger partial charge in [0.05, 0.1) is 18.5 Å². The number of furan rings is 1. The lowest BCUT2D eigenvalue weighted by Crippen LogP contribution is -2.53. The van der Waals surface area contributed by atoms with Gasteiger partial charge in [0.15, 0.2) is 11.7 Å². The van der Waals surface area contributed by atoms with Crippen LogP contribution in [0.25, 0.3) is 5.65 Å². The van der Waals surface area contributed by atoms with E-state index in [2.05, 4.69) is 36.1 Å². The molecule has 10 heteroatoms. The molecule has 8 nitrogen and oxygen atoms in total. The number of imidazole rings is 1. The van der Waals surface area contributed by atoms with Crippen LogP contribution in [0, 0.1) is 0 Å². The van der Waals surface area contributed by atoms with Crippen molar-refractivity contribution in [3.63, 3.8) is 0 Å². The molecular formula is C19H22BrIN6O2. The highest BCUT2D eigenvalue weighted by molar-refractivity contribution is 14.0. The molecule has 0 aromatic carbocycles. The minimum Gasteiger partial charge on any atom is -0.459 e. The lowest BCUT2D eigenvalue weighted by atomic mass is 10.3. The van der Waals surface area contributed by atoms with E-state index < -0.39 is 0 Å². The minimum absolute atomic E-state index is 0. The quantitative estimate of drug-likeness (QED) is 0.297. The maximum atomic E-state index is 12.4. The molecule has 1 aliphatic heterocycles. The van der Waals surface area contributed by atoms with Gasteiger partial charge in [-0.1, -0.05) is 0 Å². The molecule has 1 fully saturated rings. The number of piperazine rings is 1. The lowest BCUT2D eigenvalue weighted by molar-refractivity contribution is 0.0657. The second-order valence-electron chi connectivity index (χ2n) is 6.50. The Kier molecular flexibility index (Phi) is 7.17. The molecule has 0 radical (unpaired) electrons. The summed E-state index contributed by atoms with van der Waals surface area (Å²) in [6.07, 6.45) is 5.50. The molecule has 154 valence electrons. The summed E-state index contributed by atoms with van der Waals surface area (Å²) < 4.78 is 8.21. The molecule has 29 heavy (non-hydrogen) atoms. The van der Waals surface area contributed by atoms with Crippen LogP contribution in [0.2, 0.25) is 0 Å². The Bertz CT molecular complexity index is 995. The number of fused-ring (bicyclic) bond motifs is 1. The van der Waals surface area contributed by atoms with Gasteiger partial charge in [-0.2, -0.15) is 0 Å². The van der Waals surface area contributed by atoms with Gasteiger partial charge in [0.1, 0.15) is 5.65 Å². The molecule has 1 aliphatic rings. The van der Waals surface area contributed by atoms with Gasteiger partial charge in [-0.15, -0.1) is 24.0 Å². The number of rotatable bonds is 3. The molecule has 0 bridgehead atoms. The number of hydrogen-bond acceptors (Lipinski definition) is 4. The summed E-state index contributed by atoms with van der Waals surface area (Å²) in [7, 11) is 1.77. The molecule has 0 aliphatic carbocycles. The highest BCUT2D eigenvalue weighted by atomic mass is 127. The number of halogens is 2. The second kappa shape index (κ2) is 9.61. The van der Waals surface area contributed by atoms with Crippen molar-refractivity contribution in [1.82, 2.24) is 24.5 Å². The van der Waals surface area contributed by atoms with Crippen molar-refractivity contribution >= 4 is 57.4 Å². The number of carbonyl (C=O) groups excluding carboxylic acids is 1. The minimum atomic E-state index is -0.0662. The number of pyridine rings is 1. The van der Waals surface area contributed by atoms with Crippen LogP contribution in [0.3, 0.4) is 0 Å². The Morgan fingerprint density at radius 1 is 1.21 bits per heavy atom. The van der Waals surface area contributed by atoms with Gasteiger partial charge in [-0.3, -0.25) is 9.79 Å². The second-order valence-corrected chi connectivity index (χ2v) is 7.42. The molecular weight excluding hydrogens is 551 g/mol. The number of aliphatic imine (C=N–C) groups is 1. The Morgan fingerprint density at radius 2 is 1.97 bits per heavy atom. The predicted molar refractivity (Wildman–Crippen MR) is 125 cm³/mol. The van der Waals surface area contributed by atoms with Gasteiger partial charge in [0.25, 0.3) is 5.91 Å². The van der Waals surface area contributed by atoms with E-state index >= 15 is 0 Å². The van der Waals surface area contributed by atoms with Gasteiger partial charge in [-0.25, -0.2) is 4.98 Å². The van der Waals surface area contributed by atoms with E-state index in [0.717, 1.165) is 21.8 Å². The van der Waals surface area contributed by atoms with Crippen molar-refractivity contribution in [3.8, 4) is 0 Å². The zero-order valence-electron chi connectivity index (χ0n) is 15.9. The van der Waals surface area contributed by atoms with E-state index in [1.54, 1.807) is 19.2 Å². The summed E-state index contributed by atoms with van der Waals surface area (Å²) in [4.78, 5) is 25.3. The third kappa shape index (κ3) is 4.92. The zero-order valence-corrected chi connectivity index (χ0v) is 19.8. The molecule has 0 spiro atoms. The smallest absolute Gasteiger partial charge is 0.289 e. The molecule has 1 saturated heterocycles. The highest BCUT2D eigenvalue weighted by Gasteiger charge is 2.25. The Morgan fingerprint density at radius 3 is 2.66 bits per heavy atom. The summed E-state index contributed by atoms with van der Waals surface area (Å²) in [6, 6.07) is 7.37. The van der Waals surface area contributed by atoms with Gasteiger partial charge >= 0.3 is 0 Å². The lowest BCUT2D eigenvalue weighted by Gasteiger charge is -2.36. The summed E-state index contributed by atoms with van der Waals surface area (Å²) in [6.45, 7) is 3.26. The van der Waals surface area contributed by atoms with Crippen LogP contribution in [0.15, 0.2) is 56.8 Å². The maximum Gasteiger partial charge on any atom is 0.289 e. The van der Waals surface area contributed by atoms with E-state index in [1.807, 2.05) is 33.8 Å². The molecule has 0 saturated carbocycles. The molecule has 0 unspecified atom stereocenters. The molecule has 3 aromatic heterocycles. The van der Waals surface area contributed by atoms with Gasteiger partial charge in [0, 0.05) is 50.1 Å². The highest BCUT2D eigenvalue weighted by Crippen LogP contribution is 2.13. The van der Waals surface area contributed by atoms with Crippen molar-refractivity contribution in [2.75, 3.05) is 33.2 Å². The molecule has 1 N–H and O–H groups in total. The first-order chi connectivity index (χ1) is 13.6. The topological polar surface area (TPSA) is 78.4 Å². The SMILES string of the molecule is CN=C(NCc1cn2cc(Br)ccc2n1)N1CCN(C(=O)c2ccco2)CC1.I. The average Bonchev–Trinajstić information content (AvgIpc) is 3.38. The first kappa shape index (κ1) is 21.6. The summed E-state index contributed by atoms with van der Waals surface area (Å²) in [5.41, 5.74) is 1.84. The normalized spacial score (nSPS) is 14.8. The summed E-state index contributed by atoms with van der Waals surface area (Å²) >= 11 is 3.47. The fourth-order valence-corrected chi connectivity index (χ4v) is 3.63. The largest absolute Gasteiger partial charge is 0.459 e. The van der Waals surface area contributed by atoms with Crippen LogP contribution in [-0.2, 0) is 6.54 Å². The number of aromatic nitrogens is 2. The molecule has 4 heterocycles. The van der Waals surface area contributed by atoms with E-state index in [1.165, 1.54) is 6.26 Å². The predicted octanol–water partition coefficient (Wildman–Crippen LogP) is 2.84. The standard InChI is InChI=1S/C19H21BrN6O2.HI/c1-21-19(22-11-15-13-26-12-14(20)4-5-17(26)23-15)25-8-6-24(7-9-25)18(27)16-3-2-10-28-16;/h2-5,10,12-13H,6-9,11H2,1H3,(H,21,22);1H. The molecule has 0 atom stereocenters. The molecule has 1 amide bonds. The van der Waals surface area contributed by atoms with Crippen LogP contribution in [0.1, 0.15) is 16.2 Å². The van der Waals surface area contributed by atoms with Crippen molar-refractivity contribution in [3.05, 3.63) is 58.8 Å². The van der Waals surface area contributed by atoms with Crippen LogP contribution >= 0.6 is 39.9 Å². The number of carbonyl (C=O) groups is 1. The van der Waals surface area contributed by atoms with Crippen LogP contribution in [0.4, 0.5) is 0 Å². The zero-order chi connectivity index (χ0) is 19.5.